The van der Waals surface area contributed by atoms with Crippen molar-refractivity contribution in [2.24, 2.45) is 0 Å². The van der Waals surface area contributed by atoms with Crippen LogP contribution in [0.25, 0.3) is 21.3 Å². The van der Waals surface area contributed by atoms with Crippen LogP contribution in [0.2, 0.25) is 9.49 Å². The van der Waals surface area contributed by atoms with Gasteiger partial charge in [-0.15, -0.1) is 0 Å². The molecule has 15 heavy (non-hydrogen) atoms. The van der Waals surface area contributed by atoms with E-state index in [0.29, 0.717) is 15.0 Å². The topological polar surface area (TPSA) is 25.8 Å². The molecule has 1 aromatic carbocycles. The molecule has 5 heteroatoms. The van der Waals surface area contributed by atoms with E-state index in [1.165, 1.54) is 11.3 Å². The van der Waals surface area contributed by atoms with E-state index in [1.807, 2.05) is 24.3 Å². The number of para-hydroxylation sites is 1. The first kappa shape index (κ1) is 9.33. The Balaban J connectivity index is 2.58. The highest BCUT2D eigenvalue weighted by molar-refractivity contribution is 7.21. The van der Waals surface area contributed by atoms with Gasteiger partial charge in [0.25, 0.3) is 0 Å². The Labute approximate surface area is 99.5 Å². The number of rotatable bonds is 0. The number of hydrogen-bond donors (Lipinski definition) is 0. The van der Waals surface area contributed by atoms with Gasteiger partial charge in [-0.3, -0.25) is 0 Å². The predicted octanol–water partition coefficient (Wildman–Crippen LogP) is 4.15. The molecule has 0 aliphatic rings. The largest absolute Gasteiger partial charge is 0.235 e. The number of fused-ring (bicyclic) bond motifs is 2. The zero-order valence-electron chi connectivity index (χ0n) is 7.37. The van der Waals surface area contributed by atoms with Crippen molar-refractivity contribution in [2.45, 2.75) is 0 Å². The zero-order chi connectivity index (χ0) is 10.4. The van der Waals surface area contributed by atoms with Crippen molar-refractivity contribution in [1.82, 2.24) is 9.97 Å². The van der Waals surface area contributed by atoms with Gasteiger partial charge in [0, 0.05) is 5.39 Å². The number of halogens is 2. The zero-order valence-corrected chi connectivity index (χ0v) is 9.70. The van der Waals surface area contributed by atoms with Gasteiger partial charge in [-0.1, -0.05) is 52.7 Å². The number of nitrogens with zero attached hydrogens (tertiary/aromatic N) is 2. The molecular formula is C10H4Cl2N2S. The predicted molar refractivity (Wildman–Crippen MR) is 64.9 cm³/mol. The first-order valence-electron chi connectivity index (χ1n) is 4.26. The van der Waals surface area contributed by atoms with E-state index >= 15 is 0 Å². The summed E-state index contributed by atoms with van der Waals surface area (Å²) in [7, 11) is 0. The van der Waals surface area contributed by atoms with E-state index in [-0.39, 0.29) is 0 Å². The van der Waals surface area contributed by atoms with Gasteiger partial charge in [-0.05, 0) is 6.07 Å². The van der Waals surface area contributed by atoms with Crippen LogP contribution in [0.1, 0.15) is 0 Å². The highest BCUT2D eigenvalue weighted by Gasteiger charge is 2.10. The summed E-state index contributed by atoms with van der Waals surface area (Å²) in [5.41, 5.74) is 1.56. The van der Waals surface area contributed by atoms with Crippen molar-refractivity contribution in [3.05, 3.63) is 33.8 Å². The Bertz CT molecular complexity index is 663. The van der Waals surface area contributed by atoms with Gasteiger partial charge in [0.15, 0.2) is 4.47 Å². The molecule has 0 spiro atoms. The second-order valence-corrected chi connectivity index (χ2v) is 5.00. The lowest BCUT2D eigenvalue weighted by Crippen LogP contribution is -1.81. The molecule has 2 heterocycles. The number of pyridine rings is 1. The third-order valence-corrected chi connectivity index (χ3v) is 3.59. The standard InChI is InChI=1S/C10H4Cl2N2S/c11-7-5-3-1-2-4-6(5)13-9-8(7)14-10(12)15-9/h1-4H. The summed E-state index contributed by atoms with van der Waals surface area (Å²) in [5.74, 6) is 0. The van der Waals surface area contributed by atoms with E-state index in [1.54, 1.807) is 0 Å². The van der Waals surface area contributed by atoms with Gasteiger partial charge in [-0.25, -0.2) is 9.97 Å². The van der Waals surface area contributed by atoms with Crippen LogP contribution in [0.3, 0.4) is 0 Å². The summed E-state index contributed by atoms with van der Waals surface area (Å²) in [6, 6.07) is 7.71. The molecule has 0 atom stereocenters. The first-order valence-corrected chi connectivity index (χ1v) is 5.83. The van der Waals surface area contributed by atoms with Crippen LogP contribution in [0.5, 0.6) is 0 Å². The average Bonchev–Trinajstić information content (AvgIpc) is 2.59. The smallest absolute Gasteiger partial charge is 0.186 e. The molecule has 0 aliphatic carbocycles. The van der Waals surface area contributed by atoms with Gasteiger partial charge in [0.1, 0.15) is 10.3 Å². The van der Waals surface area contributed by atoms with Gasteiger partial charge < -0.3 is 0 Å². The Morgan fingerprint density at radius 2 is 1.87 bits per heavy atom. The molecule has 0 aliphatic heterocycles. The second kappa shape index (κ2) is 3.30. The SMILES string of the molecule is Clc1nc2c(Cl)c3ccccc3nc2s1. The molecule has 0 radical (unpaired) electrons. The lowest BCUT2D eigenvalue weighted by atomic mass is 10.2. The molecule has 74 valence electrons. The van der Waals surface area contributed by atoms with Crippen molar-refractivity contribution in [1.29, 1.82) is 0 Å². The van der Waals surface area contributed by atoms with E-state index in [9.17, 15) is 0 Å². The molecule has 0 N–H and O–H groups in total. The maximum Gasteiger partial charge on any atom is 0.186 e. The van der Waals surface area contributed by atoms with Crippen LogP contribution in [0, 0.1) is 0 Å². The third-order valence-electron chi connectivity index (χ3n) is 2.15. The summed E-state index contributed by atoms with van der Waals surface area (Å²) < 4.78 is 0.467. The molecule has 0 unspecified atom stereocenters. The van der Waals surface area contributed by atoms with Gasteiger partial charge in [-0.2, -0.15) is 0 Å². The maximum absolute atomic E-state index is 6.23. The summed E-state index contributed by atoms with van der Waals surface area (Å²) in [4.78, 5) is 9.38. The van der Waals surface area contributed by atoms with Crippen molar-refractivity contribution in [3.63, 3.8) is 0 Å². The van der Waals surface area contributed by atoms with E-state index in [2.05, 4.69) is 9.97 Å². The number of thiazole rings is 1. The Morgan fingerprint density at radius 1 is 1.07 bits per heavy atom. The normalized spacial score (nSPS) is 11.3. The number of aromatic nitrogens is 2. The van der Waals surface area contributed by atoms with Gasteiger partial charge in [0.2, 0.25) is 0 Å². The summed E-state index contributed by atoms with van der Waals surface area (Å²) in [6.45, 7) is 0. The second-order valence-electron chi connectivity index (χ2n) is 3.06. The molecule has 0 bridgehead atoms. The van der Waals surface area contributed by atoms with Crippen molar-refractivity contribution in [2.75, 3.05) is 0 Å². The van der Waals surface area contributed by atoms with E-state index in [0.717, 1.165) is 15.7 Å². The van der Waals surface area contributed by atoms with Crippen LogP contribution >= 0.6 is 34.5 Å². The summed E-state index contributed by atoms with van der Waals surface area (Å²) >= 11 is 13.4. The monoisotopic (exact) mass is 254 g/mol. The summed E-state index contributed by atoms with van der Waals surface area (Å²) in [6.07, 6.45) is 0. The van der Waals surface area contributed by atoms with Crippen LogP contribution in [0.15, 0.2) is 24.3 Å². The third kappa shape index (κ3) is 1.39. The molecular weight excluding hydrogens is 251 g/mol. The van der Waals surface area contributed by atoms with Crippen LogP contribution < -0.4 is 0 Å². The number of hydrogen-bond acceptors (Lipinski definition) is 3. The average molecular weight is 255 g/mol. The number of benzene rings is 1. The fourth-order valence-corrected chi connectivity index (χ4v) is 2.84. The first-order chi connectivity index (χ1) is 7.25. The Morgan fingerprint density at radius 3 is 2.73 bits per heavy atom. The molecule has 2 aromatic heterocycles. The molecule has 3 rings (SSSR count). The van der Waals surface area contributed by atoms with Crippen LogP contribution in [0.4, 0.5) is 0 Å². The van der Waals surface area contributed by atoms with Crippen LogP contribution in [-0.2, 0) is 0 Å². The quantitative estimate of drug-likeness (QED) is 0.603. The van der Waals surface area contributed by atoms with E-state index in [4.69, 9.17) is 23.2 Å². The van der Waals surface area contributed by atoms with Gasteiger partial charge in [0.05, 0.1) is 10.5 Å². The van der Waals surface area contributed by atoms with Gasteiger partial charge >= 0.3 is 0 Å². The highest BCUT2D eigenvalue weighted by Crippen LogP contribution is 2.33. The molecule has 2 nitrogen and oxygen atoms in total. The Hall–Kier alpha value is -0.900. The van der Waals surface area contributed by atoms with E-state index < -0.39 is 0 Å². The lowest BCUT2D eigenvalue weighted by molar-refractivity contribution is 1.46. The Kier molecular flexibility index (Phi) is 2.06. The molecule has 0 saturated carbocycles. The molecule has 3 aromatic rings. The molecule has 0 fully saturated rings. The fourth-order valence-electron chi connectivity index (χ4n) is 1.50. The minimum atomic E-state index is 0.467. The maximum atomic E-state index is 6.23. The van der Waals surface area contributed by atoms with Crippen molar-refractivity contribution >= 4 is 55.8 Å². The lowest BCUT2D eigenvalue weighted by Gasteiger charge is -1.99. The summed E-state index contributed by atoms with van der Waals surface area (Å²) in [5, 5.41) is 1.53. The minimum Gasteiger partial charge on any atom is -0.235 e. The van der Waals surface area contributed by atoms with Crippen molar-refractivity contribution < 1.29 is 0 Å². The fraction of sp³-hybridized carbons (Fsp3) is 0. The minimum absolute atomic E-state index is 0.467. The molecule has 0 amide bonds. The van der Waals surface area contributed by atoms with Crippen molar-refractivity contribution in [3.8, 4) is 0 Å². The van der Waals surface area contributed by atoms with Crippen LogP contribution in [-0.4, -0.2) is 9.97 Å². The highest BCUT2D eigenvalue weighted by atomic mass is 35.5. The molecule has 0 saturated heterocycles.